The number of likely N-dealkylation sites (tertiary alicyclic amines) is 1. The Hall–Kier alpha value is -3.43. The van der Waals surface area contributed by atoms with Crippen molar-refractivity contribution in [2.24, 2.45) is 5.92 Å². The molecule has 1 saturated carbocycles. The number of hydrogen-bond acceptors (Lipinski definition) is 6. The van der Waals surface area contributed by atoms with E-state index in [0.29, 0.717) is 17.8 Å². The highest BCUT2D eigenvalue weighted by Gasteiger charge is 2.49. The van der Waals surface area contributed by atoms with Crippen molar-refractivity contribution in [3.05, 3.63) is 59.7 Å². The van der Waals surface area contributed by atoms with Gasteiger partial charge in [0.2, 0.25) is 11.8 Å². The number of fused-ring (bicyclic) bond motifs is 2. The van der Waals surface area contributed by atoms with Crippen LogP contribution in [0.2, 0.25) is 0 Å². The highest BCUT2D eigenvalue weighted by Crippen LogP contribution is 2.41. The predicted octanol–water partition coefficient (Wildman–Crippen LogP) is 4.14. The van der Waals surface area contributed by atoms with Crippen LogP contribution >= 0.6 is 0 Å². The van der Waals surface area contributed by atoms with Gasteiger partial charge >= 0.3 is 6.18 Å². The van der Waals surface area contributed by atoms with E-state index in [0.717, 1.165) is 30.8 Å². The van der Waals surface area contributed by atoms with Crippen LogP contribution in [0.5, 0.6) is 5.88 Å². The number of alkyl halides is 3. The summed E-state index contributed by atoms with van der Waals surface area (Å²) in [4.78, 5) is 27.6. The van der Waals surface area contributed by atoms with Crippen molar-refractivity contribution in [1.29, 1.82) is 0 Å². The summed E-state index contributed by atoms with van der Waals surface area (Å²) in [5.41, 5.74) is 0.662. The molecule has 4 heterocycles. The molecule has 1 amide bonds. The van der Waals surface area contributed by atoms with Crippen LogP contribution in [0.4, 0.5) is 13.2 Å². The molecule has 0 spiro atoms. The third-order valence-corrected chi connectivity index (χ3v) is 5.92. The van der Waals surface area contributed by atoms with E-state index < -0.39 is 11.7 Å². The number of nitrogens with zero attached hydrogens (tertiary/aromatic N) is 4. The summed E-state index contributed by atoms with van der Waals surface area (Å²) in [6.07, 6.45) is 0.361. The predicted molar refractivity (Wildman–Crippen MR) is 106 cm³/mol. The van der Waals surface area contributed by atoms with Gasteiger partial charge in [-0.1, -0.05) is 0 Å². The average Bonchev–Trinajstić information content (AvgIpc) is 3.50. The van der Waals surface area contributed by atoms with Crippen LogP contribution in [0, 0.1) is 12.8 Å². The maximum Gasteiger partial charge on any atom is 0.417 e. The summed E-state index contributed by atoms with van der Waals surface area (Å²) in [6, 6.07) is 5.43. The van der Waals surface area contributed by atoms with Gasteiger partial charge in [-0.15, -0.1) is 0 Å². The number of piperidine rings is 1. The average molecular weight is 444 g/mol. The van der Waals surface area contributed by atoms with Crippen molar-refractivity contribution in [1.82, 2.24) is 19.9 Å². The van der Waals surface area contributed by atoms with Gasteiger partial charge in [-0.2, -0.15) is 13.2 Å². The van der Waals surface area contributed by atoms with Crippen LogP contribution in [-0.2, 0) is 6.18 Å². The van der Waals surface area contributed by atoms with Gasteiger partial charge in [0.1, 0.15) is 18.1 Å². The number of halogens is 3. The van der Waals surface area contributed by atoms with Crippen LogP contribution in [0.25, 0.3) is 11.6 Å². The number of aryl methyl sites for hydroxylation is 1. The Morgan fingerprint density at radius 2 is 2.03 bits per heavy atom. The molecule has 2 aliphatic rings. The Kier molecular flexibility index (Phi) is 4.87. The maximum atomic E-state index is 13.4. The molecule has 32 heavy (non-hydrogen) atoms. The van der Waals surface area contributed by atoms with Gasteiger partial charge in [0, 0.05) is 24.5 Å². The first-order valence-electron chi connectivity index (χ1n) is 10.2. The fourth-order valence-electron chi connectivity index (χ4n) is 4.49. The number of hydrogen-bond donors (Lipinski definition) is 0. The highest BCUT2D eigenvalue weighted by atomic mass is 19.4. The maximum absolute atomic E-state index is 13.4. The van der Waals surface area contributed by atoms with Crippen LogP contribution < -0.4 is 4.74 Å². The summed E-state index contributed by atoms with van der Waals surface area (Å²) < 4.78 is 49.6. The fourth-order valence-corrected chi connectivity index (χ4v) is 4.49. The molecule has 3 atom stereocenters. The third kappa shape index (κ3) is 3.69. The first kappa shape index (κ1) is 20.5. The van der Waals surface area contributed by atoms with E-state index >= 15 is 0 Å². The lowest BCUT2D eigenvalue weighted by Crippen LogP contribution is -2.47. The standard InChI is InChI=1S/C22H19F3N4O3/c1-12-2-4-15(19(28-12)20-26-6-7-31-20)21(30)29-11-13-8-16(29)17(9-13)32-18-5-3-14(10-27-18)22(23,24)25/h2-7,10,13,16-17H,8-9,11H2,1H3. The zero-order valence-electron chi connectivity index (χ0n) is 17.0. The van der Waals surface area contributed by atoms with E-state index in [1.54, 1.807) is 17.0 Å². The van der Waals surface area contributed by atoms with Gasteiger partial charge in [0.15, 0.2) is 0 Å². The summed E-state index contributed by atoms with van der Waals surface area (Å²) >= 11 is 0. The number of carbonyl (C=O) groups excluding carboxylic acids is 1. The fraction of sp³-hybridized carbons (Fsp3) is 0.364. The minimum Gasteiger partial charge on any atom is -0.472 e. The lowest BCUT2D eigenvalue weighted by atomic mass is 10.1. The van der Waals surface area contributed by atoms with Crippen LogP contribution in [0.15, 0.2) is 47.3 Å². The number of pyridine rings is 2. The lowest BCUT2D eigenvalue weighted by molar-refractivity contribution is -0.137. The number of aromatic nitrogens is 3. The van der Waals surface area contributed by atoms with E-state index in [9.17, 15) is 18.0 Å². The third-order valence-electron chi connectivity index (χ3n) is 5.92. The number of carbonyl (C=O) groups is 1. The number of oxazole rings is 1. The monoisotopic (exact) mass is 444 g/mol. The van der Waals surface area contributed by atoms with Gasteiger partial charge < -0.3 is 14.1 Å². The van der Waals surface area contributed by atoms with Crippen molar-refractivity contribution in [3.63, 3.8) is 0 Å². The molecule has 3 aromatic heterocycles. The SMILES string of the molecule is Cc1ccc(C(=O)N2CC3CC(Oc4ccc(C(F)(F)F)cn4)C2C3)c(-c2ncco2)n1. The Morgan fingerprint density at radius 3 is 2.69 bits per heavy atom. The van der Waals surface area contributed by atoms with Crippen molar-refractivity contribution in [3.8, 4) is 17.5 Å². The normalized spacial score (nSPS) is 22.4. The van der Waals surface area contributed by atoms with Crippen LogP contribution in [-0.4, -0.2) is 44.4 Å². The Balaban J connectivity index is 1.36. The Bertz CT molecular complexity index is 1130. The van der Waals surface area contributed by atoms with E-state index in [-0.39, 0.29) is 35.7 Å². The molecule has 1 saturated heterocycles. The molecular weight excluding hydrogens is 425 g/mol. The van der Waals surface area contributed by atoms with E-state index in [1.165, 1.54) is 18.5 Å². The number of ether oxygens (including phenoxy) is 1. The van der Waals surface area contributed by atoms with Gasteiger partial charge in [-0.3, -0.25) is 4.79 Å². The summed E-state index contributed by atoms with van der Waals surface area (Å²) in [5.74, 6) is 0.433. The largest absolute Gasteiger partial charge is 0.472 e. The molecule has 0 radical (unpaired) electrons. The second kappa shape index (κ2) is 7.61. The minimum absolute atomic E-state index is 0.112. The molecule has 3 aromatic rings. The summed E-state index contributed by atoms with van der Waals surface area (Å²) in [5, 5.41) is 0. The van der Waals surface area contributed by atoms with Crippen LogP contribution in [0.3, 0.4) is 0 Å². The van der Waals surface area contributed by atoms with Gasteiger partial charge in [0.05, 0.1) is 23.4 Å². The first-order chi connectivity index (χ1) is 15.3. The number of rotatable bonds is 4. The van der Waals surface area contributed by atoms with Crippen molar-refractivity contribution < 1.29 is 27.1 Å². The Morgan fingerprint density at radius 1 is 1.19 bits per heavy atom. The molecule has 166 valence electrons. The molecule has 10 heteroatoms. The molecule has 1 aliphatic carbocycles. The first-order valence-corrected chi connectivity index (χ1v) is 10.2. The summed E-state index contributed by atoms with van der Waals surface area (Å²) in [7, 11) is 0. The highest BCUT2D eigenvalue weighted by molar-refractivity contribution is 5.99. The Labute approximate surface area is 181 Å². The van der Waals surface area contributed by atoms with E-state index in [1.807, 2.05) is 6.92 Å². The molecule has 7 nitrogen and oxygen atoms in total. The second-order valence-electron chi connectivity index (χ2n) is 8.09. The second-order valence-corrected chi connectivity index (χ2v) is 8.09. The van der Waals surface area contributed by atoms with Crippen molar-refractivity contribution in [2.75, 3.05) is 6.54 Å². The lowest BCUT2D eigenvalue weighted by Gasteiger charge is -2.33. The molecule has 0 N–H and O–H groups in total. The van der Waals surface area contributed by atoms with Crippen LogP contribution in [0.1, 0.15) is 34.5 Å². The molecule has 1 aliphatic heterocycles. The summed E-state index contributed by atoms with van der Waals surface area (Å²) in [6.45, 7) is 2.40. The van der Waals surface area contributed by atoms with E-state index in [4.69, 9.17) is 9.15 Å². The molecule has 2 fully saturated rings. The van der Waals surface area contributed by atoms with Gasteiger partial charge in [-0.25, -0.2) is 15.0 Å². The minimum atomic E-state index is -4.45. The molecule has 2 bridgehead atoms. The molecule has 3 unspecified atom stereocenters. The smallest absolute Gasteiger partial charge is 0.417 e. The van der Waals surface area contributed by atoms with Crippen molar-refractivity contribution in [2.45, 2.75) is 38.1 Å². The van der Waals surface area contributed by atoms with Gasteiger partial charge in [0.25, 0.3) is 5.91 Å². The topological polar surface area (TPSA) is 81.4 Å². The zero-order chi connectivity index (χ0) is 22.5. The van der Waals surface area contributed by atoms with Gasteiger partial charge in [-0.05, 0) is 43.9 Å². The van der Waals surface area contributed by atoms with E-state index in [2.05, 4.69) is 15.0 Å². The quantitative estimate of drug-likeness (QED) is 0.602. The van der Waals surface area contributed by atoms with Crippen molar-refractivity contribution >= 4 is 5.91 Å². The molecular formula is C22H19F3N4O3. The molecule has 0 aromatic carbocycles. The molecule has 5 rings (SSSR count). The zero-order valence-corrected chi connectivity index (χ0v) is 17.0. The number of amides is 1.